The second-order valence-electron chi connectivity index (χ2n) is 3.95. The van der Waals surface area contributed by atoms with Crippen LogP contribution in [0.1, 0.15) is 11.3 Å². The van der Waals surface area contributed by atoms with Crippen molar-refractivity contribution in [2.24, 2.45) is 5.10 Å². The third-order valence-electron chi connectivity index (χ3n) is 2.31. The fourth-order valence-corrected chi connectivity index (χ4v) is 2.31. The van der Waals surface area contributed by atoms with Gasteiger partial charge >= 0.3 is 0 Å². The summed E-state index contributed by atoms with van der Waals surface area (Å²) in [5.41, 5.74) is 4.72. The van der Waals surface area contributed by atoms with Crippen LogP contribution in [0.25, 0.3) is 0 Å². The van der Waals surface area contributed by atoms with Gasteiger partial charge in [-0.15, -0.1) is 11.3 Å². The number of halogens is 1. The van der Waals surface area contributed by atoms with Gasteiger partial charge in [0.1, 0.15) is 12.4 Å². The van der Waals surface area contributed by atoms with Crippen molar-refractivity contribution >= 4 is 34.3 Å². The maximum atomic E-state index is 6.11. The van der Waals surface area contributed by atoms with Gasteiger partial charge in [0.15, 0.2) is 0 Å². The molecule has 0 saturated heterocycles. The number of aryl methyl sites for hydroxylation is 1. The van der Waals surface area contributed by atoms with Gasteiger partial charge in [0.25, 0.3) is 0 Å². The molecule has 1 aromatic carbocycles. The molecular formula is C14H14ClN3OS. The van der Waals surface area contributed by atoms with E-state index in [2.05, 4.69) is 22.1 Å². The van der Waals surface area contributed by atoms with Gasteiger partial charge in [-0.3, -0.25) is 5.43 Å². The molecule has 6 heteroatoms. The Morgan fingerprint density at radius 2 is 2.40 bits per heavy atom. The summed E-state index contributed by atoms with van der Waals surface area (Å²) in [4.78, 5) is 4.25. The Morgan fingerprint density at radius 1 is 1.55 bits per heavy atom. The SMILES string of the molecule is C=CCOc1ccc(C=NNc2nc(C)cs2)cc1Cl. The fourth-order valence-electron chi connectivity index (χ4n) is 1.43. The number of nitrogens with zero attached hydrogens (tertiary/aromatic N) is 2. The molecule has 0 saturated carbocycles. The lowest BCUT2D eigenvalue weighted by Gasteiger charge is -2.05. The van der Waals surface area contributed by atoms with Gasteiger partial charge in [-0.2, -0.15) is 5.10 Å². The van der Waals surface area contributed by atoms with E-state index >= 15 is 0 Å². The van der Waals surface area contributed by atoms with Gasteiger partial charge in [-0.1, -0.05) is 24.3 Å². The number of hydrogen-bond acceptors (Lipinski definition) is 5. The van der Waals surface area contributed by atoms with E-state index in [1.807, 2.05) is 18.4 Å². The Balaban J connectivity index is 1.99. The smallest absolute Gasteiger partial charge is 0.203 e. The van der Waals surface area contributed by atoms with Crippen molar-refractivity contribution in [1.29, 1.82) is 0 Å². The molecule has 20 heavy (non-hydrogen) atoms. The van der Waals surface area contributed by atoms with Crippen molar-refractivity contribution in [3.05, 3.63) is 52.5 Å². The summed E-state index contributed by atoms with van der Waals surface area (Å²) in [6.07, 6.45) is 3.35. The third kappa shape index (κ3) is 4.08. The molecule has 0 atom stereocenters. The van der Waals surface area contributed by atoms with E-state index in [1.54, 1.807) is 24.4 Å². The van der Waals surface area contributed by atoms with E-state index in [0.29, 0.717) is 17.4 Å². The molecule has 1 N–H and O–H groups in total. The maximum Gasteiger partial charge on any atom is 0.203 e. The third-order valence-corrected chi connectivity index (χ3v) is 3.47. The zero-order chi connectivity index (χ0) is 14.4. The van der Waals surface area contributed by atoms with Gasteiger partial charge < -0.3 is 4.74 Å². The second-order valence-corrected chi connectivity index (χ2v) is 5.22. The van der Waals surface area contributed by atoms with E-state index in [0.717, 1.165) is 16.4 Å². The van der Waals surface area contributed by atoms with Crippen LogP contribution in [0, 0.1) is 6.92 Å². The predicted molar refractivity (Wildman–Crippen MR) is 85.2 cm³/mol. The quantitative estimate of drug-likeness (QED) is 0.496. The fraction of sp³-hybridized carbons (Fsp3) is 0.143. The summed E-state index contributed by atoms with van der Waals surface area (Å²) in [7, 11) is 0. The topological polar surface area (TPSA) is 46.5 Å². The van der Waals surface area contributed by atoms with Gasteiger partial charge in [-0.05, 0) is 30.7 Å². The first kappa shape index (κ1) is 14.6. The number of ether oxygens (including phenoxy) is 1. The molecule has 1 aromatic heterocycles. The van der Waals surface area contributed by atoms with E-state index in [-0.39, 0.29) is 0 Å². The molecule has 104 valence electrons. The molecule has 0 aliphatic rings. The number of anilines is 1. The Hall–Kier alpha value is -1.85. The van der Waals surface area contributed by atoms with Crippen LogP contribution in [-0.4, -0.2) is 17.8 Å². The van der Waals surface area contributed by atoms with Crippen LogP contribution in [0.4, 0.5) is 5.13 Å². The summed E-state index contributed by atoms with van der Waals surface area (Å²) in [6, 6.07) is 5.47. The van der Waals surface area contributed by atoms with Gasteiger partial charge in [0.2, 0.25) is 5.13 Å². The molecule has 2 rings (SSSR count). The van der Waals surface area contributed by atoms with Crippen molar-refractivity contribution in [2.45, 2.75) is 6.92 Å². The zero-order valence-electron chi connectivity index (χ0n) is 11.0. The minimum absolute atomic E-state index is 0.429. The Morgan fingerprint density at radius 3 is 3.05 bits per heavy atom. The first-order valence-electron chi connectivity index (χ1n) is 5.93. The first-order chi connectivity index (χ1) is 9.69. The van der Waals surface area contributed by atoms with Crippen LogP contribution in [0.2, 0.25) is 5.02 Å². The highest BCUT2D eigenvalue weighted by atomic mass is 35.5. The highest BCUT2D eigenvalue weighted by Crippen LogP contribution is 2.25. The first-order valence-corrected chi connectivity index (χ1v) is 7.19. The van der Waals surface area contributed by atoms with Crippen molar-refractivity contribution in [1.82, 2.24) is 4.98 Å². The van der Waals surface area contributed by atoms with Crippen LogP contribution in [0.15, 0.2) is 41.3 Å². The summed E-state index contributed by atoms with van der Waals surface area (Å²) in [5, 5.41) is 7.38. The van der Waals surface area contributed by atoms with Gasteiger partial charge in [0.05, 0.1) is 16.9 Å². The lowest BCUT2D eigenvalue weighted by molar-refractivity contribution is 0.363. The molecule has 2 aromatic rings. The number of nitrogens with one attached hydrogen (secondary N) is 1. The predicted octanol–water partition coefficient (Wildman–Crippen LogP) is 4.12. The molecule has 4 nitrogen and oxygen atoms in total. The lowest BCUT2D eigenvalue weighted by Crippen LogP contribution is -1.95. The van der Waals surface area contributed by atoms with Crippen LogP contribution < -0.4 is 10.2 Å². The van der Waals surface area contributed by atoms with Crippen LogP contribution >= 0.6 is 22.9 Å². The van der Waals surface area contributed by atoms with Crippen molar-refractivity contribution in [2.75, 3.05) is 12.0 Å². The number of hydrazone groups is 1. The average Bonchev–Trinajstić information content (AvgIpc) is 2.84. The summed E-state index contributed by atoms with van der Waals surface area (Å²) < 4.78 is 5.40. The molecule has 1 heterocycles. The highest BCUT2D eigenvalue weighted by Gasteiger charge is 2.01. The molecule has 0 spiro atoms. The van der Waals surface area contributed by atoms with E-state index in [9.17, 15) is 0 Å². The molecule has 0 bridgehead atoms. The summed E-state index contributed by atoms with van der Waals surface area (Å²) >= 11 is 7.62. The molecule has 0 unspecified atom stereocenters. The standard InChI is InChI=1S/C14H14ClN3OS/c1-3-6-19-13-5-4-11(7-12(13)15)8-16-18-14-17-10(2)9-20-14/h3-5,7-9H,1,6H2,2H3,(H,17,18). The van der Waals surface area contributed by atoms with Crippen molar-refractivity contribution in [3.8, 4) is 5.75 Å². The lowest BCUT2D eigenvalue weighted by atomic mass is 10.2. The average molecular weight is 308 g/mol. The molecule has 0 aliphatic carbocycles. The minimum atomic E-state index is 0.429. The van der Waals surface area contributed by atoms with E-state index in [4.69, 9.17) is 16.3 Å². The number of aromatic nitrogens is 1. The second kappa shape index (κ2) is 7.07. The number of thiazole rings is 1. The monoisotopic (exact) mass is 307 g/mol. The largest absolute Gasteiger partial charge is 0.488 e. The number of hydrogen-bond donors (Lipinski definition) is 1. The maximum absolute atomic E-state index is 6.11. The zero-order valence-corrected chi connectivity index (χ0v) is 12.5. The highest BCUT2D eigenvalue weighted by molar-refractivity contribution is 7.13. The number of rotatable bonds is 6. The molecule has 0 amide bonds. The Labute approximate surface area is 126 Å². The molecule has 0 fully saturated rings. The van der Waals surface area contributed by atoms with Gasteiger partial charge in [-0.25, -0.2) is 4.98 Å². The molecule has 0 aliphatic heterocycles. The van der Waals surface area contributed by atoms with Gasteiger partial charge in [0, 0.05) is 5.38 Å². The molecule has 0 radical (unpaired) electrons. The van der Waals surface area contributed by atoms with Crippen LogP contribution in [-0.2, 0) is 0 Å². The Bertz CT molecular complexity index is 625. The van der Waals surface area contributed by atoms with Crippen molar-refractivity contribution < 1.29 is 4.74 Å². The molecular weight excluding hydrogens is 294 g/mol. The van der Waals surface area contributed by atoms with E-state index in [1.165, 1.54) is 11.3 Å². The van der Waals surface area contributed by atoms with Crippen LogP contribution in [0.5, 0.6) is 5.75 Å². The Kier molecular flexibility index (Phi) is 5.15. The number of benzene rings is 1. The summed E-state index contributed by atoms with van der Waals surface area (Å²) in [5.74, 6) is 0.632. The van der Waals surface area contributed by atoms with Crippen molar-refractivity contribution in [3.63, 3.8) is 0 Å². The van der Waals surface area contributed by atoms with E-state index < -0.39 is 0 Å². The summed E-state index contributed by atoms with van der Waals surface area (Å²) in [6.45, 7) is 5.96. The minimum Gasteiger partial charge on any atom is -0.488 e. The normalized spacial score (nSPS) is 10.7. The van der Waals surface area contributed by atoms with Crippen LogP contribution in [0.3, 0.4) is 0 Å².